The summed E-state index contributed by atoms with van der Waals surface area (Å²) in [7, 11) is 1.30. The van der Waals surface area contributed by atoms with Crippen molar-refractivity contribution >= 4 is 33.7 Å². The molecule has 2 N–H and O–H groups in total. The summed E-state index contributed by atoms with van der Waals surface area (Å²) in [6.07, 6.45) is -0.584. The number of rotatable bonds is 5. The number of hydrogen-bond acceptors (Lipinski definition) is 5. The SMILES string of the molecule is COC(=O)[C@@H](CNC(=O)OC(C)(C)C)Nc1ccc(Br)cc1. The first-order valence-electron chi connectivity index (χ1n) is 6.78. The molecule has 0 radical (unpaired) electrons. The summed E-state index contributed by atoms with van der Waals surface area (Å²) < 4.78 is 10.8. The molecule has 0 unspecified atom stereocenters. The van der Waals surface area contributed by atoms with Gasteiger partial charge in [-0.25, -0.2) is 9.59 Å². The molecule has 22 heavy (non-hydrogen) atoms. The maximum atomic E-state index is 11.8. The van der Waals surface area contributed by atoms with Gasteiger partial charge in [0, 0.05) is 10.2 Å². The zero-order chi connectivity index (χ0) is 16.8. The van der Waals surface area contributed by atoms with E-state index in [4.69, 9.17) is 9.47 Å². The number of amides is 1. The Kier molecular flexibility index (Phi) is 6.67. The summed E-state index contributed by atoms with van der Waals surface area (Å²) in [4.78, 5) is 23.4. The Morgan fingerprint density at radius 1 is 1.23 bits per heavy atom. The van der Waals surface area contributed by atoms with Crippen LogP contribution in [-0.2, 0) is 14.3 Å². The van der Waals surface area contributed by atoms with Crippen molar-refractivity contribution in [3.05, 3.63) is 28.7 Å². The van der Waals surface area contributed by atoms with Crippen molar-refractivity contribution in [2.45, 2.75) is 32.4 Å². The number of esters is 1. The molecule has 0 aliphatic rings. The van der Waals surface area contributed by atoms with Crippen LogP contribution in [-0.4, -0.2) is 37.4 Å². The van der Waals surface area contributed by atoms with E-state index in [9.17, 15) is 9.59 Å². The van der Waals surface area contributed by atoms with Crippen LogP contribution in [0.15, 0.2) is 28.7 Å². The van der Waals surface area contributed by atoms with Gasteiger partial charge in [-0.05, 0) is 45.0 Å². The number of halogens is 1. The standard InChI is InChI=1S/C15H21BrN2O4/c1-15(2,3)22-14(20)17-9-12(13(19)21-4)18-11-7-5-10(16)6-8-11/h5-8,12,18H,9H2,1-4H3,(H,17,20)/t12-/m1/s1. The van der Waals surface area contributed by atoms with Crippen LogP contribution < -0.4 is 10.6 Å². The Morgan fingerprint density at radius 3 is 2.32 bits per heavy atom. The predicted molar refractivity (Wildman–Crippen MR) is 87.8 cm³/mol. The Balaban J connectivity index is 2.63. The molecule has 0 fully saturated rings. The Bertz CT molecular complexity index is 511. The number of alkyl carbamates (subject to hydrolysis) is 1. The number of benzene rings is 1. The van der Waals surface area contributed by atoms with Gasteiger partial charge in [0.25, 0.3) is 0 Å². The van der Waals surface area contributed by atoms with E-state index < -0.39 is 23.7 Å². The zero-order valence-corrected chi connectivity index (χ0v) is 14.7. The molecule has 1 amide bonds. The summed E-state index contributed by atoms with van der Waals surface area (Å²) in [5.41, 5.74) is 0.147. The lowest BCUT2D eigenvalue weighted by atomic mass is 10.2. The number of carbonyl (C=O) groups is 2. The van der Waals surface area contributed by atoms with Gasteiger partial charge in [0.1, 0.15) is 11.6 Å². The number of anilines is 1. The fraction of sp³-hybridized carbons (Fsp3) is 0.467. The topological polar surface area (TPSA) is 76.7 Å². The largest absolute Gasteiger partial charge is 0.467 e. The fourth-order valence-electron chi connectivity index (χ4n) is 1.58. The molecule has 0 aliphatic heterocycles. The highest BCUT2D eigenvalue weighted by atomic mass is 79.9. The van der Waals surface area contributed by atoms with Crippen LogP contribution in [0.25, 0.3) is 0 Å². The van der Waals surface area contributed by atoms with Crippen molar-refractivity contribution < 1.29 is 19.1 Å². The third kappa shape index (κ3) is 6.80. The number of methoxy groups -OCH3 is 1. The monoisotopic (exact) mass is 372 g/mol. The van der Waals surface area contributed by atoms with Crippen molar-refractivity contribution in [2.24, 2.45) is 0 Å². The lowest BCUT2D eigenvalue weighted by Crippen LogP contribution is -2.43. The smallest absolute Gasteiger partial charge is 0.407 e. The maximum absolute atomic E-state index is 11.8. The minimum Gasteiger partial charge on any atom is -0.467 e. The first-order chi connectivity index (χ1) is 10.2. The number of carbonyl (C=O) groups excluding carboxylic acids is 2. The predicted octanol–water partition coefficient (Wildman–Crippen LogP) is 2.93. The molecule has 0 saturated heterocycles. The van der Waals surface area contributed by atoms with E-state index in [1.807, 2.05) is 24.3 Å². The quantitative estimate of drug-likeness (QED) is 0.777. The number of hydrogen-bond donors (Lipinski definition) is 2. The average molecular weight is 373 g/mol. The fourth-order valence-corrected chi connectivity index (χ4v) is 1.85. The van der Waals surface area contributed by atoms with Crippen molar-refractivity contribution in [1.82, 2.24) is 5.32 Å². The first kappa shape index (κ1) is 18.3. The molecule has 0 heterocycles. The molecule has 122 valence electrons. The lowest BCUT2D eigenvalue weighted by molar-refractivity contribution is -0.141. The van der Waals surface area contributed by atoms with Crippen molar-refractivity contribution in [2.75, 3.05) is 19.0 Å². The maximum Gasteiger partial charge on any atom is 0.407 e. The average Bonchev–Trinajstić information content (AvgIpc) is 2.42. The Labute approximate surface area is 138 Å². The van der Waals surface area contributed by atoms with Gasteiger partial charge in [0.05, 0.1) is 13.7 Å². The van der Waals surface area contributed by atoms with E-state index in [1.165, 1.54) is 7.11 Å². The first-order valence-corrected chi connectivity index (χ1v) is 7.57. The van der Waals surface area contributed by atoms with Gasteiger partial charge in [-0.3, -0.25) is 0 Å². The lowest BCUT2D eigenvalue weighted by Gasteiger charge is -2.22. The molecule has 1 aromatic rings. The summed E-state index contributed by atoms with van der Waals surface area (Å²) in [5.74, 6) is -0.473. The van der Waals surface area contributed by atoms with Crippen LogP contribution in [0, 0.1) is 0 Å². The summed E-state index contributed by atoms with van der Waals surface area (Å²) in [6, 6.07) is 6.61. The van der Waals surface area contributed by atoms with E-state index in [2.05, 4.69) is 26.6 Å². The third-order valence-corrected chi connectivity index (χ3v) is 3.05. The molecule has 1 aromatic carbocycles. The zero-order valence-electron chi connectivity index (χ0n) is 13.1. The van der Waals surface area contributed by atoms with Crippen LogP contribution in [0.5, 0.6) is 0 Å². The minimum atomic E-state index is -0.710. The van der Waals surface area contributed by atoms with Crippen molar-refractivity contribution in [1.29, 1.82) is 0 Å². The molecule has 0 bridgehead atoms. The summed E-state index contributed by atoms with van der Waals surface area (Å²) in [6.45, 7) is 5.36. The van der Waals surface area contributed by atoms with Gasteiger partial charge >= 0.3 is 12.1 Å². The van der Waals surface area contributed by atoms with Gasteiger partial charge in [0.2, 0.25) is 0 Å². The van der Waals surface area contributed by atoms with Gasteiger partial charge in [-0.2, -0.15) is 0 Å². The van der Waals surface area contributed by atoms with E-state index >= 15 is 0 Å². The van der Waals surface area contributed by atoms with Gasteiger partial charge in [0.15, 0.2) is 0 Å². The van der Waals surface area contributed by atoms with Crippen LogP contribution in [0.3, 0.4) is 0 Å². The second-order valence-corrected chi connectivity index (χ2v) is 6.53. The highest BCUT2D eigenvalue weighted by Gasteiger charge is 2.22. The van der Waals surface area contributed by atoms with E-state index in [0.717, 1.165) is 10.2 Å². The Hall–Kier alpha value is -1.76. The van der Waals surface area contributed by atoms with Gasteiger partial charge < -0.3 is 20.1 Å². The van der Waals surface area contributed by atoms with E-state index in [-0.39, 0.29) is 6.54 Å². The van der Waals surface area contributed by atoms with Crippen LogP contribution >= 0.6 is 15.9 Å². The van der Waals surface area contributed by atoms with Gasteiger partial charge in [-0.1, -0.05) is 15.9 Å². The second kappa shape index (κ2) is 8.03. The van der Waals surface area contributed by atoms with Crippen LogP contribution in [0.2, 0.25) is 0 Å². The molecule has 0 aromatic heterocycles. The summed E-state index contributed by atoms with van der Waals surface area (Å²) >= 11 is 3.34. The summed E-state index contributed by atoms with van der Waals surface area (Å²) in [5, 5.41) is 5.56. The van der Waals surface area contributed by atoms with Crippen LogP contribution in [0.4, 0.5) is 10.5 Å². The Morgan fingerprint density at radius 2 is 1.82 bits per heavy atom. The molecule has 7 heteroatoms. The highest BCUT2D eigenvalue weighted by Crippen LogP contribution is 2.15. The van der Waals surface area contributed by atoms with Gasteiger partial charge in [-0.15, -0.1) is 0 Å². The van der Waals surface area contributed by atoms with Crippen molar-refractivity contribution in [3.8, 4) is 0 Å². The molecule has 0 aliphatic carbocycles. The molecular formula is C15H21BrN2O4. The minimum absolute atomic E-state index is 0.0532. The third-order valence-electron chi connectivity index (χ3n) is 2.52. The molecule has 1 atom stereocenters. The number of ether oxygens (including phenoxy) is 2. The number of nitrogens with one attached hydrogen (secondary N) is 2. The molecule has 1 rings (SSSR count). The normalized spacial score (nSPS) is 12.2. The molecule has 0 saturated carbocycles. The molecular weight excluding hydrogens is 352 g/mol. The second-order valence-electron chi connectivity index (χ2n) is 5.61. The van der Waals surface area contributed by atoms with E-state index in [1.54, 1.807) is 20.8 Å². The van der Waals surface area contributed by atoms with Crippen molar-refractivity contribution in [3.63, 3.8) is 0 Å². The highest BCUT2D eigenvalue weighted by molar-refractivity contribution is 9.10. The molecule has 0 spiro atoms. The van der Waals surface area contributed by atoms with Crippen LogP contribution in [0.1, 0.15) is 20.8 Å². The molecule has 6 nitrogen and oxygen atoms in total. The van der Waals surface area contributed by atoms with E-state index in [0.29, 0.717) is 0 Å².